The number of nitrogens with zero attached hydrogens (tertiary/aromatic N) is 3. The first-order chi connectivity index (χ1) is 8.31. The Balaban J connectivity index is 1.47. The summed E-state index contributed by atoms with van der Waals surface area (Å²) in [4.78, 5) is 9.69. The molecule has 94 valence electrons. The van der Waals surface area contributed by atoms with Crippen molar-refractivity contribution in [2.75, 3.05) is 39.3 Å². The molecule has 1 aromatic heterocycles. The molecule has 1 N–H and O–H groups in total. The zero-order valence-electron chi connectivity index (χ0n) is 10.4. The van der Waals surface area contributed by atoms with Gasteiger partial charge < -0.3 is 5.32 Å². The van der Waals surface area contributed by atoms with E-state index < -0.39 is 0 Å². The van der Waals surface area contributed by atoms with Crippen LogP contribution in [-0.4, -0.2) is 60.1 Å². The fraction of sp³-hybridized carbons (Fsp3) is 0.750. The number of piperazine rings is 1. The number of nitrogens with one attached hydrogen (secondary N) is 1. The Morgan fingerprint density at radius 3 is 2.65 bits per heavy atom. The highest BCUT2D eigenvalue weighted by atomic mass is 32.1. The predicted octanol–water partition coefficient (Wildman–Crippen LogP) is 0.541. The second kappa shape index (κ2) is 5.02. The maximum Gasteiger partial charge on any atom is 0.0897 e. The van der Waals surface area contributed by atoms with Crippen molar-refractivity contribution in [1.82, 2.24) is 20.1 Å². The quantitative estimate of drug-likeness (QED) is 0.851. The Bertz CT molecular complexity index is 366. The van der Waals surface area contributed by atoms with Gasteiger partial charge in [0.25, 0.3) is 0 Å². The molecule has 4 nitrogen and oxygen atoms in total. The summed E-state index contributed by atoms with van der Waals surface area (Å²) in [6.45, 7) is 10.3. The van der Waals surface area contributed by atoms with Gasteiger partial charge in [0.05, 0.1) is 10.7 Å². The lowest BCUT2D eigenvalue weighted by molar-refractivity contribution is 0.0691. The van der Waals surface area contributed by atoms with Crippen LogP contribution in [0.3, 0.4) is 0 Å². The average Bonchev–Trinajstić information content (AvgIpc) is 2.64. The molecule has 0 unspecified atom stereocenters. The molecular formula is C12H20N4S. The molecule has 5 heteroatoms. The maximum atomic E-state index is 4.54. The van der Waals surface area contributed by atoms with Crippen LogP contribution >= 0.6 is 11.3 Å². The molecule has 2 aliphatic heterocycles. The van der Waals surface area contributed by atoms with Crippen LogP contribution in [0.5, 0.6) is 0 Å². The van der Waals surface area contributed by atoms with Crippen LogP contribution in [0.1, 0.15) is 10.7 Å². The predicted molar refractivity (Wildman–Crippen MR) is 70.4 cm³/mol. The summed E-state index contributed by atoms with van der Waals surface area (Å²) in [5, 5.41) is 6.72. The highest BCUT2D eigenvalue weighted by Gasteiger charge is 2.27. The van der Waals surface area contributed by atoms with Crippen molar-refractivity contribution >= 4 is 11.3 Å². The van der Waals surface area contributed by atoms with Crippen molar-refractivity contribution in [3.8, 4) is 0 Å². The van der Waals surface area contributed by atoms with Crippen molar-refractivity contribution in [2.45, 2.75) is 19.5 Å². The van der Waals surface area contributed by atoms with Gasteiger partial charge >= 0.3 is 0 Å². The van der Waals surface area contributed by atoms with E-state index in [1.54, 1.807) is 11.3 Å². The zero-order chi connectivity index (χ0) is 11.7. The summed E-state index contributed by atoms with van der Waals surface area (Å²) >= 11 is 1.75. The van der Waals surface area contributed by atoms with E-state index in [2.05, 4.69) is 32.4 Å². The van der Waals surface area contributed by atoms with Crippen LogP contribution < -0.4 is 5.32 Å². The van der Waals surface area contributed by atoms with E-state index in [0.717, 1.165) is 12.6 Å². The van der Waals surface area contributed by atoms with Gasteiger partial charge in [0, 0.05) is 57.2 Å². The van der Waals surface area contributed by atoms with Gasteiger partial charge in [-0.1, -0.05) is 0 Å². The molecule has 1 aromatic rings. The molecule has 2 saturated heterocycles. The second-order valence-electron chi connectivity index (χ2n) is 4.98. The Morgan fingerprint density at radius 1 is 1.35 bits per heavy atom. The summed E-state index contributed by atoms with van der Waals surface area (Å²) in [5.41, 5.74) is 1.24. The monoisotopic (exact) mass is 252 g/mol. The normalized spacial score (nSPS) is 23.8. The molecule has 2 fully saturated rings. The van der Waals surface area contributed by atoms with E-state index in [1.807, 2.05) is 0 Å². The Morgan fingerprint density at radius 2 is 2.12 bits per heavy atom. The largest absolute Gasteiger partial charge is 0.314 e. The lowest BCUT2D eigenvalue weighted by Gasteiger charge is -2.43. The first-order valence-corrected chi connectivity index (χ1v) is 7.27. The van der Waals surface area contributed by atoms with Gasteiger partial charge in [-0.2, -0.15) is 0 Å². The molecule has 0 spiro atoms. The van der Waals surface area contributed by atoms with Gasteiger partial charge in [0.15, 0.2) is 0 Å². The van der Waals surface area contributed by atoms with E-state index in [0.29, 0.717) is 0 Å². The Labute approximate surface area is 107 Å². The van der Waals surface area contributed by atoms with Gasteiger partial charge in [-0.05, 0) is 6.92 Å². The van der Waals surface area contributed by atoms with Crippen molar-refractivity contribution in [1.29, 1.82) is 0 Å². The van der Waals surface area contributed by atoms with Crippen LogP contribution in [0.25, 0.3) is 0 Å². The van der Waals surface area contributed by atoms with Crippen molar-refractivity contribution in [3.05, 3.63) is 16.1 Å². The van der Waals surface area contributed by atoms with Gasteiger partial charge in [0.2, 0.25) is 0 Å². The molecule has 0 aliphatic carbocycles. The standard InChI is InChI=1S/C12H20N4S/c1-10-14-11(9-17-10)8-15-2-4-16(5-3-15)12-6-13-7-12/h9,12-13H,2-8H2,1H3. The number of thiazole rings is 1. The van der Waals surface area contributed by atoms with E-state index in [1.165, 1.54) is 50.0 Å². The fourth-order valence-electron chi connectivity index (χ4n) is 2.53. The molecule has 3 rings (SSSR count). The van der Waals surface area contributed by atoms with Gasteiger partial charge in [-0.3, -0.25) is 9.80 Å². The lowest BCUT2D eigenvalue weighted by Crippen LogP contribution is -2.61. The van der Waals surface area contributed by atoms with Crippen molar-refractivity contribution in [2.24, 2.45) is 0 Å². The minimum atomic E-state index is 0.804. The first-order valence-electron chi connectivity index (χ1n) is 6.39. The smallest absolute Gasteiger partial charge is 0.0897 e. The van der Waals surface area contributed by atoms with Crippen molar-refractivity contribution in [3.63, 3.8) is 0 Å². The van der Waals surface area contributed by atoms with Crippen LogP contribution in [0.4, 0.5) is 0 Å². The molecule has 0 radical (unpaired) electrons. The minimum Gasteiger partial charge on any atom is -0.314 e. The maximum absolute atomic E-state index is 4.54. The lowest BCUT2D eigenvalue weighted by atomic mass is 10.1. The average molecular weight is 252 g/mol. The van der Waals surface area contributed by atoms with Gasteiger partial charge in [-0.15, -0.1) is 11.3 Å². The van der Waals surface area contributed by atoms with E-state index >= 15 is 0 Å². The molecular weight excluding hydrogens is 232 g/mol. The number of hydrogen-bond acceptors (Lipinski definition) is 5. The Kier molecular flexibility index (Phi) is 3.42. The SMILES string of the molecule is Cc1nc(CN2CCN(C3CNC3)CC2)cs1. The van der Waals surface area contributed by atoms with E-state index in [4.69, 9.17) is 0 Å². The summed E-state index contributed by atoms with van der Waals surface area (Å²) in [6, 6.07) is 0.804. The molecule has 2 aliphatic rings. The molecule has 0 atom stereocenters. The summed E-state index contributed by atoms with van der Waals surface area (Å²) in [7, 11) is 0. The summed E-state index contributed by atoms with van der Waals surface area (Å²) in [5.74, 6) is 0. The first kappa shape index (κ1) is 11.6. The number of aromatic nitrogens is 1. The van der Waals surface area contributed by atoms with E-state index in [-0.39, 0.29) is 0 Å². The highest BCUT2D eigenvalue weighted by Crippen LogP contribution is 2.14. The molecule has 0 bridgehead atoms. The number of hydrogen-bond donors (Lipinski definition) is 1. The third-order valence-corrected chi connectivity index (χ3v) is 4.56. The molecule has 17 heavy (non-hydrogen) atoms. The van der Waals surface area contributed by atoms with Crippen LogP contribution in [0.2, 0.25) is 0 Å². The number of aryl methyl sites for hydroxylation is 1. The molecule has 0 amide bonds. The molecule has 0 aromatic carbocycles. The fourth-order valence-corrected chi connectivity index (χ4v) is 3.13. The summed E-state index contributed by atoms with van der Waals surface area (Å²) in [6.07, 6.45) is 0. The Hall–Kier alpha value is -0.490. The highest BCUT2D eigenvalue weighted by molar-refractivity contribution is 7.09. The third kappa shape index (κ3) is 2.68. The zero-order valence-corrected chi connectivity index (χ0v) is 11.2. The van der Waals surface area contributed by atoms with Crippen LogP contribution in [0.15, 0.2) is 5.38 Å². The number of rotatable bonds is 3. The molecule has 0 saturated carbocycles. The van der Waals surface area contributed by atoms with Gasteiger partial charge in [0.1, 0.15) is 0 Å². The van der Waals surface area contributed by atoms with E-state index in [9.17, 15) is 0 Å². The van der Waals surface area contributed by atoms with Crippen molar-refractivity contribution < 1.29 is 0 Å². The topological polar surface area (TPSA) is 31.4 Å². The van der Waals surface area contributed by atoms with Crippen LogP contribution in [-0.2, 0) is 6.54 Å². The minimum absolute atomic E-state index is 0.804. The molecule has 3 heterocycles. The van der Waals surface area contributed by atoms with Crippen LogP contribution in [0, 0.1) is 6.92 Å². The second-order valence-corrected chi connectivity index (χ2v) is 6.04. The van der Waals surface area contributed by atoms with Gasteiger partial charge in [-0.25, -0.2) is 4.98 Å². The third-order valence-electron chi connectivity index (χ3n) is 3.74. The summed E-state index contributed by atoms with van der Waals surface area (Å²) < 4.78 is 0.